The molecule has 0 saturated carbocycles. The minimum absolute atomic E-state index is 0.109. The first-order valence-electron chi connectivity index (χ1n) is 10.4. The first-order chi connectivity index (χ1) is 16.0. The molecule has 2 heterocycles. The number of benzene rings is 2. The highest BCUT2D eigenvalue weighted by atomic mass is 32.2. The molecule has 2 aromatic heterocycles. The van der Waals surface area contributed by atoms with Crippen LogP contribution in [0.1, 0.15) is 19.4 Å². The molecule has 0 spiro atoms. The average molecular weight is 499 g/mol. The minimum Gasteiger partial charge on any atom is -0.494 e. The second kappa shape index (κ2) is 10.3. The Balaban J connectivity index is 1.55. The summed E-state index contributed by atoms with van der Waals surface area (Å²) in [5, 5.41) is 3.22. The van der Waals surface area contributed by atoms with Gasteiger partial charge in [-0.2, -0.15) is 0 Å². The standard InChI is InChI=1S/C23H22N4O3S3/c1-3-14-5-7-15(8-6-14)24-18(28)13-32-22-25-20-19(21(29)26-22)33-23(31)27(20)16-9-11-17(12-10-16)30-4-2/h5-12H,3-4,13H2,1-2H3,(H,24,28)(H,25,26,29). The predicted octanol–water partition coefficient (Wildman–Crippen LogP) is 5.20. The van der Waals surface area contributed by atoms with Crippen molar-refractivity contribution < 1.29 is 9.53 Å². The highest BCUT2D eigenvalue weighted by molar-refractivity contribution is 7.99. The number of nitrogens with one attached hydrogen (secondary N) is 2. The summed E-state index contributed by atoms with van der Waals surface area (Å²) in [7, 11) is 0. The zero-order valence-corrected chi connectivity index (χ0v) is 20.5. The Bertz CT molecular complexity index is 1390. The maximum atomic E-state index is 12.7. The third-order valence-corrected chi connectivity index (χ3v) is 7.05. The molecule has 0 atom stereocenters. The smallest absolute Gasteiger partial charge is 0.271 e. The van der Waals surface area contributed by atoms with Crippen LogP contribution in [0.15, 0.2) is 58.5 Å². The summed E-state index contributed by atoms with van der Waals surface area (Å²) in [5.41, 5.74) is 2.92. The van der Waals surface area contributed by atoms with Crippen LogP contribution in [0.25, 0.3) is 16.0 Å². The lowest BCUT2D eigenvalue weighted by Crippen LogP contribution is -2.15. The third-order valence-electron chi connectivity index (χ3n) is 4.81. The number of H-pyrrole nitrogens is 1. The van der Waals surface area contributed by atoms with E-state index in [0.717, 1.165) is 23.5 Å². The Hall–Kier alpha value is -2.95. The largest absolute Gasteiger partial charge is 0.494 e. The number of rotatable bonds is 8. The molecule has 0 aliphatic heterocycles. The molecular formula is C23H22N4O3S3. The van der Waals surface area contributed by atoms with Crippen LogP contribution in [0.5, 0.6) is 5.75 Å². The summed E-state index contributed by atoms with van der Waals surface area (Å²) in [6.07, 6.45) is 0.941. The number of aromatic nitrogens is 3. The monoisotopic (exact) mass is 498 g/mol. The zero-order chi connectivity index (χ0) is 23.4. The molecule has 4 rings (SSSR count). The molecule has 0 aliphatic carbocycles. The van der Waals surface area contributed by atoms with Gasteiger partial charge in [-0.3, -0.25) is 14.2 Å². The fourth-order valence-electron chi connectivity index (χ4n) is 3.20. The van der Waals surface area contributed by atoms with Crippen LogP contribution in [-0.2, 0) is 11.2 Å². The van der Waals surface area contributed by atoms with E-state index >= 15 is 0 Å². The van der Waals surface area contributed by atoms with E-state index in [1.165, 1.54) is 28.7 Å². The Morgan fingerprint density at radius 1 is 1.18 bits per heavy atom. The Morgan fingerprint density at radius 3 is 2.58 bits per heavy atom. The number of amides is 1. The summed E-state index contributed by atoms with van der Waals surface area (Å²) in [4.78, 5) is 32.4. The van der Waals surface area contributed by atoms with Crippen molar-refractivity contribution in [1.29, 1.82) is 0 Å². The molecule has 0 radical (unpaired) electrons. The summed E-state index contributed by atoms with van der Waals surface area (Å²) >= 11 is 7.87. The van der Waals surface area contributed by atoms with Gasteiger partial charge >= 0.3 is 0 Å². The van der Waals surface area contributed by atoms with Crippen LogP contribution < -0.4 is 15.6 Å². The summed E-state index contributed by atoms with van der Waals surface area (Å²) in [5.74, 6) is 0.683. The molecule has 0 aliphatic rings. The lowest BCUT2D eigenvalue weighted by Gasteiger charge is -2.08. The number of aryl methyl sites for hydroxylation is 1. The molecule has 4 aromatic rings. The summed E-state index contributed by atoms with van der Waals surface area (Å²) < 4.78 is 8.22. The molecule has 2 aromatic carbocycles. The van der Waals surface area contributed by atoms with Crippen molar-refractivity contribution in [3.8, 4) is 11.4 Å². The predicted molar refractivity (Wildman–Crippen MR) is 137 cm³/mol. The number of thioether (sulfide) groups is 1. The van der Waals surface area contributed by atoms with Crippen LogP contribution in [0.2, 0.25) is 0 Å². The number of carbonyl (C=O) groups is 1. The van der Waals surface area contributed by atoms with Crippen LogP contribution in [0.4, 0.5) is 5.69 Å². The SMILES string of the molecule is CCOc1ccc(-n2c(=S)sc3c(=O)[nH]c(SCC(=O)Nc4ccc(CC)cc4)nc32)cc1. The number of ether oxygens (including phenoxy) is 1. The third kappa shape index (κ3) is 5.35. The second-order valence-electron chi connectivity index (χ2n) is 7.04. The van der Waals surface area contributed by atoms with Gasteiger partial charge in [-0.05, 0) is 67.5 Å². The van der Waals surface area contributed by atoms with Crippen molar-refractivity contribution in [1.82, 2.24) is 14.5 Å². The number of fused-ring (bicyclic) bond motifs is 1. The molecule has 1 amide bonds. The topological polar surface area (TPSA) is 89.0 Å². The molecule has 2 N–H and O–H groups in total. The maximum absolute atomic E-state index is 12.7. The van der Waals surface area contributed by atoms with Gasteiger partial charge in [0.2, 0.25) is 5.91 Å². The lowest BCUT2D eigenvalue weighted by atomic mass is 10.1. The van der Waals surface area contributed by atoms with E-state index in [1.807, 2.05) is 55.5 Å². The lowest BCUT2D eigenvalue weighted by molar-refractivity contribution is -0.113. The summed E-state index contributed by atoms with van der Waals surface area (Å²) in [6, 6.07) is 15.2. The normalized spacial score (nSPS) is 11.0. The van der Waals surface area contributed by atoms with Gasteiger partial charge in [0.25, 0.3) is 5.56 Å². The first-order valence-corrected chi connectivity index (χ1v) is 12.6. The van der Waals surface area contributed by atoms with E-state index in [9.17, 15) is 9.59 Å². The van der Waals surface area contributed by atoms with Crippen molar-refractivity contribution in [2.75, 3.05) is 17.7 Å². The number of nitrogens with zero attached hydrogens (tertiary/aromatic N) is 2. The molecular weight excluding hydrogens is 476 g/mol. The van der Waals surface area contributed by atoms with Gasteiger partial charge < -0.3 is 15.0 Å². The van der Waals surface area contributed by atoms with E-state index in [-0.39, 0.29) is 17.2 Å². The van der Waals surface area contributed by atoms with Crippen molar-refractivity contribution in [2.45, 2.75) is 25.4 Å². The van der Waals surface area contributed by atoms with Gasteiger partial charge in [0, 0.05) is 11.4 Å². The van der Waals surface area contributed by atoms with Crippen LogP contribution >= 0.6 is 35.3 Å². The fourth-order valence-corrected chi connectivity index (χ4v) is 5.13. The average Bonchev–Trinajstić information content (AvgIpc) is 3.15. The molecule has 0 fully saturated rings. The van der Waals surface area contributed by atoms with Gasteiger partial charge in [-0.25, -0.2) is 4.98 Å². The van der Waals surface area contributed by atoms with E-state index in [2.05, 4.69) is 22.2 Å². The highest BCUT2D eigenvalue weighted by Gasteiger charge is 2.15. The van der Waals surface area contributed by atoms with Gasteiger partial charge in [-0.15, -0.1) is 0 Å². The highest BCUT2D eigenvalue weighted by Crippen LogP contribution is 2.26. The molecule has 0 saturated heterocycles. The molecule has 0 unspecified atom stereocenters. The molecule has 7 nitrogen and oxygen atoms in total. The Labute approximate surface area is 203 Å². The van der Waals surface area contributed by atoms with E-state index < -0.39 is 0 Å². The zero-order valence-electron chi connectivity index (χ0n) is 18.1. The van der Waals surface area contributed by atoms with Gasteiger partial charge in [0.15, 0.2) is 14.8 Å². The minimum atomic E-state index is -0.279. The molecule has 10 heteroatoms. The van der Waals surface area contributed by atoms with E-state index in [1.54, 1.807) is 4.57 Å². The second-order valence-corrected chi connectivity index (χ2v) is 9.65. The van der Waals surface area contributed by atoms with Crippen LogP contribution in [0.3, 0.4) is 0 Å². The summed E-state index contributed by atoms with van der Waals surface area (Å²) in [6.45, 7) is 4.58. The molecule has 170 valence electrons. The number of anilines is 1. The van der Waals surface area contributed by atoms with E-state index in [0.29, 0.717) is 26.1 Å². The van der Waals surface area contributed by atoms with Crippen LogP contribution in [-0.4, -0.2) is 32.8 Å². The molecule has 0 bridgehead atoms. The molecule has 33 heavy (non-hydrogen) atoms. The van der Waals surface area contributed by atoms with E-state index in [4.69, 9.17) is 17.0 Å². The Kier molecular flexibility index (Phi) is 7.26. The van der Waals surface area contributed by atoms with Crippen LogP contribution in [0, 0.1) is 3.95 Å². The number of carbonyl (C=O) groups excluding carboxylic acids is 1. The number of hydrogen-bond donors (Lipinski definition) is 2. The fraction of sp³-hybridized carbons (Fsp3) is 0.217. The number of hydrogen-bond acceptors (Lipinski definition) is 7. The van der Waals surface area contributed by atoms with Gasteiger partial charge in [0.1, 0.15) is 10.4 Å². The van der Waals surface area contributed by atoms with Gasteiger partial charge in [0.05, 0.1) is 12.4 Å². The van der Waals surface area contributed by atoms with Gasteiger partial charge in [-0.1, -0.05) is 42.2 Å². The van der Waals surface area contributed by atoms with Crippen molar-refractivity contribution in [2.24, 2.45) is 0 Å². The maximum Gasteiger partial charge on any atom is 0.271 e. The van der Waals surface area contributed by atoms with Crippen molar-refractivity contribution in [3.05, 3.63) is 68.4 Å². The number of thiazole rings is 1. The quantitative estimate of drug-likeness (QED) is 0.197. The number of aromatic amines is 1. The first kappa shape index (κ1) is 23.2. The van der Waals surface area contributed by atoms with Crippen molar-refractivity contribution in [3.63, 3.8) is 0 Å². The van der Waals surface area contributed by atoms with Crippen molar-refractivity contribution >= 4 is 57.3 Å². The Morgan fingerprint density at radius 2 is 1.91 bits per heavy atom.